The molecule has 28 heavy (non-hydrogen) atoms. The van der Waals surface area contributed by atoms with Crippen LogP contribution in [0.5, 0.6) is 0 Å². The number of nitrogens with one attached hydrogen (secondary N) is 3. The van der Waals surface area contributed by atoms with Crippen molar-refractivity contribution in [3.8, 4) is 0 Å². The number of anilines is 2. The largest absolute Gasteiger partial charge is 0.327 e. The molecule has 2 amide bonds. The minimum absolute atomic E-state index is 0.0325. The third-order valence-electron chi connectivity index (χ3n) is 5.14. The lowest BCUT2D eigenvalue weighted by Gasteiger charge is -2.27. The standard InChI is InChI=1S/C22H26ClN3O2/c1-15-4-3-11-26(13-15)14-21(27)25-20-10-9-19(12-16(20)2)24-22(28)17-5-7-18(23)8-6-17/h5-10,12,15H,3-4,11,13-14H2,1-2H3,(H,24,28)(H,25,27)/p+1/t15-/m0/s1. The van der Waals surface area contributed by atoms with E-state index in [2.05, 4.69) is 17.6 Å². The zero-order valence-electron chi connectivity index (χ0n) is 16.3. The Kier molecular flexibility index (Phi) is 6.70. The predicted molar refractivity (Wildman–Crippen MR) is 113 cm³/mol. The van der Waals surface area contributed by atoms with Crippen molar-refractivity contribution >= 4 is 34.8 Å². The van der Waals surface area contributed by atoms with Crippen molar-refractivity contribution in [3.63, 3.8) is 0 Å². The highest BCUT2D eigenvalue weighted by Gasteiger charge is 2.22. The van der Waals surface area contributed by atoms with Crippen molar-refractivity contribution in [2.45, 2.75) is 26.7 Å². The number of benzene rings is 2. The van der Waals surface area contributed by atoms with Gasteiger partial charge in [-0.2, -0.15) is 0 Å². The third kappa shape index (κ3) is 5.57. The zero-order chi connectivity index (χ0) is 20.1. The van der Waals surface area contributed by atoms with Crippen LogP contribution in [0.3, 0.4) is 0 Å². The summed E-state index contributed by atoms with van der Waals surface area (Å²) in [6.07, 6.45) is 2.44. The van der Waals surface area contributed by atoms with Gasteiger partial charge in [0, 0.05) is 27.9 Å². The van der Waals surface area contributed by atoms with Gasteiger partial charge in [-0.25, -0.2) is 0 Å². The van der Waals surface area contributed by atoms with Crippen LogP contribution >= 0.6 is 11.6 Å². The summed E-state index contributed by atoms with van der Waals surface area (Å²) in [7, 11) is 0. The molecule has 1 unspecified atom stereocenters. The molecule has 0 aliphatic carbocycles. The number of carbonyl (C=O) groups excluding carboxylic acids is 2. The molecule has 2 aromatic rings. The molecule has 1 heterocycles. The average Bonchev–Trinajstić information content (AvgIpc) is 2.64. The van der Waals surface area contributed by atoms with E-state index in [9.17, 15) is 9.59 Å². The lowest BCUT2D eigenvalue weighted by molar-refractivity contribution is -0.900. The molecule has 1 aliphatic heterocycles. The Labute approximate surface area is 171 Å². The molecule has 3 N–H and O–H groups in total. The zero-order valence-corrected chi connectivity index (χ0v) is 17.1. The predicted octanol–water partition coefficient (Wildman–Crippen LogP) is 3.15. The molecule has 0 bridgehead atoms. The van der Waals surface area contributed by atoms with E-state index in [1.807, 2.05) is 19.1 Å². The molecule has 0 radical (unpaired) electrons. The van der Waals surface area contributed by atoms with E-state index < -0.39 is 0 Å². The number of aryl methyl sites for hydroxylation is 1. The lowest BCUT2D eigenvalue weighted by Crippen LogP contribution is -3.14. The van der Waals surface area contributed by atoms with E-state index in [4.69, 9.17) is 11.6 Å². The van der Waals surface area contributed by atoms with Crippen molar-refractivity contribution < 1.29 is 14.5 Å². The first-order chi connectivity index (χ1) is 13.4. The van der Waals surface area contributed by atoms with Gasteiger partial charge in [0.05, 0.1) is 13.1 Å². The fourth-order valence-corrected chi connectivity index (χ4v) is 3.79. The molecule has 1 saturated heterocycles. The highest BCUT2D eigenvalue weighted by molar-refractivity contribution is 6.30. The highest BCUT2D eigenvalue weighted by Crippen LogP contribution is 2.20. The topological polar surface area (TPSA) is 62.6 Å². The number of likely N-dealkylation sites (tertiary alicyclic amines) is 1. The maximum atomic E-state index is 12.4. The lowest BCUT2D eigenvalue weighted by atomic mass is 10.0. The van der Waals surface area contributed by atoms with Crippen LogP contribution in [0.25, 0.3) is 0 Å². The normalized spacial score (nSPS) is 19.1. The molecule has 5 nitrogen and oxygen atoms in total. The summed E-state index contributed by atoms with van der Waals surface area (Å²) in [6.45, 7) is 6.79. The Morgan fingerprint density at radius 3 is 2.57 bits per heavy atom. The van der Waals surface area contributed by atoms with Gasteiger partial charge in [-0.05, 0) is 67.8 Å². The van der Waals surface area contributed by atoms with E-state index in [-0.39, 0.29) is 11.8 Å². The Balaban J connectivity index is 1.58. The van der Waals surface area contributed by atoms with Crippen LogP contribution < -0.4 is 15.5 Å². The minimum atomic E-state index is -0.198. The molecule has 0 aromatic heterocycles. The monoisotopic (exact) mass is 400 g/mol. The number of piperidine rings is 1. The Morgan fingerprint density at radius 2 is 1.89 bits per heavy atom. The SMILES string of the molecule is Cc1cc(NC(=O)c2ccc(Cl)cc2)ccc1NC(=O)C[NH+]1CCC[C@H](C)C1. The molecule has 3 rings (SSSR count). The van der Waals surface area contributed by atoms with Gasteiger partial charge >= 0.3 is 0 Å². The number of halogens is 1. The summed E-state index contributed by atoms with van der Waals surface area (Å²) in [5.74, 6) is 0.516. The number of hydrogen-bond donors (Lipinski definition) is 3. The molecule has 1 fully saturated rings. The van der Waals surface area contributed by atoms with E-state index in [1.165, 1.54) is 17.7 Å². The maximum absolute atomic E-state index is 12.4. The molecule has 148 valence electrons. The quantitative estimate of drug-likeness (QED) is 0.722. The molecule has 6 heteroatoms. The van der Waals surface area contributed by atoms with Crippen LogP contribution in [-0.2, 0) is 4.79 Å². The molecule has 0 saturated carbocycles. The van der Waals surface area contributed by atoms with Crippen molar-refractivity contribution in [2.24, 2.45) is 5.92 Å². The number of carbonyl (C=O) groups is 2. The van der Waals surface area contributed by atoms with E-state index in [0.29, 0.717) is 28.7 Å². The highest BCUT2D eigenvalue weighted by atomic mass is 35.5. The number of quaternary nitrogens is 1. The molecule has 1 aliphatic rings. The molecular formula is C22H27ClN3O2+. The second-order valence-electron chi connectivity index (χ2n) is 7.67. The molecular weight excluding hydrogens is 374 g/mol. The first-order valence-electron chi connectivity index (χ1n) is 9.71. The van der Waals surface area contributed by atoms with Gasteiger partial charge in [-0.1, -0.05) is 18.5 Å². The van der Waals surface area contributed by atoms with Crippen LogP contribution in [-0.4, -0.2) is 31.4 Å². The van der Waals surface area contributed by atoms with Crippen molar-refractivity contribution in [1.82, 2.24) is 0 Å². The summed E-state index contributed by atoms with van der Waals surface area (Å²) in [5, 5.41) is 6.47. The fraction of sp³-hybridized carbons (Fsp3) is 0.364. The molecule has 2 aromatic carbocycles. The molecule has 0 spiro atoms. The van der Waals surface area contributed by atoms with Gasteiger partial charge in [0.1, 0.15) is 0 Å². The fourth-order valence-electron chi connectivity index (χ4n) is 3.67. The smallest absolute Gasteiger partial charge is 0.279 e. The van der Waals surface area contributed by atoms with E-state index >= 15 is 0 Å². The van der Waals surface area contributed by atoms with Gasteiger partial charge < -0.3 is 15.5 Å². The number of rotatable bonds is 5. The summed E-state index contributed by atoms with van der Waals surface area (Å²) < 4.78 is 0. The van der Waals surface area contributed by atoms with Gasteiger partial charge in [-0.3, -0.25) is 9.59 Å². The summed E-state index contributed by atoms with van der Waals surface area (Å²) in [5.41, 5.74) is 2.91. The van der Waals surface area contributed by atoms with Crippen molar-refractivity contribution in [2.75, 3.05) is 30.3 Å². The van der Waals surface area contributed by atoms with Gasteiger partial charge in [0.25, 0.3) is 11.8 Å². The van der Waals surface area contributed by atoms with Gasteiger partial charge in [0.2, 0.25) is 0 Å². The van der Waals surface area contributed by atoms with Gasteiger partial charge in [-0.15, -0.1) is 0 Å². The van der Waals surface area contributed by atoms with Crippen molar-refractivity contribution in [1.29, 1.82) is 0 Å². The first-order valence-corrected chi connectivity index (χ1v) is 10.1. The summed E-state index contributed by atoms with van der Waals surface area (Å²) >= 11 is 5.86. The average molecular weight is 401 g/mol. The minimum Gasteiger partial charge on any atom is -0.327 e. The second kappa shape index (κ2) is 9.22. The van der Waals surface area contributed by atoms with Crippen LogP contribution in [0.2, 0.25) is 5.02 Å². The van der Waals surface area contributed by atoms with Crippen LogP contribution in [0, 0.1) is 12.8 Å². The second-order valence-corrected chi connectivity index (χ2v) is 8.10. The maximum Gasteiger partial charge on any atom is 0.279 e. The van der Waals surface area contributed by atoms with Crippen LogP contribution in [0.15, 0.2) is 42.5 Å². The Morgan fingerprint density at radius 1 is 1.14 bits per heavy atom. The molecule has 2 atom stereocenters. The Hall–Kier alpha value is -2.37. The Bertz CT molecular complexity index is 851. The number of hydrogen-bond acceptors (Lipinski definition) is 2. The first kappa shape index (κ1) is 20.4. The van der Waals surface area contributed by atoms with Gasteiger partial charge in [0.15, 0.2) is 6.54 Å². The summed E-state index contributed by atoms with van der Waals surface area (Å²) in [6, 6.07) is 12.2. The van der Waals surface area contributed by atoms with E-state index in [1.54, 1.807) is 30.3 Å². The summed E-state index contributed by atoms with van der Waals surface area (Å²) in [4.78, 5) is 26.1. The number of amides is 2. The third-order valence-corrected chi connectivity index (χ3v) is 5.39. The van der Waals surface area contributed by atoms with Crippen LogP contribution in [0.4, 0.5) is 11.4 Å². The van der Waals surface area contributed by atoms with E-state index in [0.717, 1.165) is 24.3 Å². The van der Waals surface area contributed by atoms with Crippen molar-refractivity contribution in [3.05, 3.63) is 58.6 Å². The van der Waals surface area contributed by atoms with Crippen LogP contribution in [0.1, 0.15) is 35.7 Å².